The fourth-order valence-corrected chi connectivity index (χ4v) is 5.66. The number of hydrogen-bond acceptors (Lipinski definition) is 8. The number of ether oxygens (including phenoxy) is 2. The van der Waals surface area contributed by atoms with Crippen LogP contribution in [0.25, 0.3) is 17.0 Å². The maximum Gasteiger partial charge on any atom is 0.296 e. The molecule has 2 N–H and O–H groups in total. The Hall–Kier alpha value is -3.77. The SMILES string of the molecule is CCOc1ccc(S(=O)(=O)NCc2ccccc2OC)cc1-c1nn2c(C3CCCC3)nnc2c(=O)[nH]1. The molecule has 0 unspecified atom stereocenters. The molecule has 2 aromatic carbocycles. The number of fused-ring (bicyclic) bond motifs is 1. The Labute approximate surface area is 213 Å². The predicted octanol–water partition coefficient (Wildman–Crippen LogP) is 3.02. The minimum absolute atomic E-state index is 0.00312. The van der Waals surface area contributed by atoms with E-state index in [1.165, 1.54) is 23.8 Å². The molecule has 4 aromatic rings. The summed E-state index contributed by atoms with van der Waals surface area (Å²) in [6.07, 6.45) is 4.10. The monoisotopic (exact) mass is 524 g/mol. The zero-order valence-electron chi connectivity index (χ0n) is 20.6. The molecule has 0 spiro atoms. The summed E-state index contributed by atoms with van der Waals surface area (Å²) < 4.78 is 41.6. The highest BCUT2D eigenvalue weighted by Crippen LogP contribution is 2.34. The van der Waals surface area contributed by atoms with Gasteiger partial charge in [0.1, 0.15) is 11.5 Å². The van der Waals surface area contributed by atoms with Gasteiger partial charge in [-0.05, 0) is 44.0 Å². The van der Waals surface area contributed by atoms with Crippen molar-refractivity contribution in [1.82, 2.24) is 29.5 Å². The number of methoxy groups -OCH3 is 1. The zero-order valence-corrected chi connectivity index (χ0v) is 21.4. The number of hydrogen-bond donors (Lipinski definition) is 2. The normalized spacial score (nSPS) is 14.3. The summed E-state index contributed by atoms with van der Waals surface area (Å²) in [6, 6.07) is 11.6. The first-order valence-corrected chi connectivity index (χ1v) is 13.6. The van der Waals surface area contributed by atoms with Gasteiger partial charge in [-0.2, -0.15) is 4.52 Å². The van der Waals surface area contributed by atoms with Crippen LogP contribution in [0.15, 0.2) is 52.2 Å². The summed E-state index contributed by atoms with van der Waals surface area (Å²) in [6.45, 7) is 2.21. The van der Waals surface area contributed by atoms with Gasteiger partial charge >= 0.3 is 0 Å². The number of aromatic nitrogens is 5. The summed E-state index contributed by atoms with van der Waals surface area (Å²) in [4.78, 5) is 15.6. The molecule has 12 heteroatoms. The van der Waals surface area contributed by atoms with Crippen molar-refractivity contribution in [1.29, 1.82) is 0 Å². The van der Waals surface area contributed by atoms with Gasteiger partial charge in [0.05, 0.1) is 24.2 Å². The molecule has 0 amide bonds. The van der Waals surface area contributed by atoms with Crippen LogP contribution in [-0.2, 0) is 16.6 Å². The molecule has 2 heterocycles. The molecular weight excluding hydrogens is 496 g/mol. The zero-order chi connectivity index (χ0) is 26.0. The molecule has 1 fully saturated rings. The lowest BCUT2D eigenvalue weighted by molar-refractivity contribution is 0.341. The van der Waals surface area contributed by atoms with Gasteiger partial charge in [0.2, 0.25) is 15.7 Å². The number of sulfonamides is 1. The van der Waals surface area contributed by atoms with Crippen LogP contribution in [-0.4, -0.2) is 46.9 Å². The maximum absolute atomic E-state index is 13.2. The lowest BCUT2D eigenvalue weighted by Crippen LogP contribution is -2.23. The van der Waals surface area contributed by atoms with E-state index < -0.39 is 15.6 Å². The van der Waals surface area contributed by atoms with E-state index in [9.17, 15) is 13.2 Å². The van der Waals surface area contributed by atoms with Gasteiger partial charge in [-0.3, -0.25) is 4.79 Å². The molecule has 1 saturated carbocycles. The molecule has 1 aliphatic rings. The molecule has 5 rings (SSSR count). The van der Waals surface area contributed by atoms with E-state index >= 15 is 0 Å². The van der Waals surface area contributed by atoms with Crippen molar-refractivity contribution in [3.8, 4) is 22.9 Å². The number of rotatable bonds is 9. The molecule has 37 heavy (non-hydrogen) atoms. The van der Waals surface area contributed by atoms with Crippen LogP contribution in [0.3, 0.4) is 0 Å². The molecule has 1 aliphatic carbocycles. The Morgan fingerprint density at radius 2 is 1.89 bits per heavy atom. The smallest absolute Gasteiger partial charge is 0.296 e. The van der Waals surface area contributed by atoms with Crippen LogP contribution in [0.5, 0.6) is 11.5 Å². The molecule has 0 radical (unpaired) electrons. The van der Waals surface area contributed by atoms with Crippen LogP contribution in [0, 0.1) is 0 Å². The second kappa shape index (κ2) is 10.3. The lowest BCUT2D eigenvalue weighted by atomic mass is 10.1. The van der Waals surface area contributed by atoms with Gasteiger partial charge in [-0.25, -0.2) is 13.1 Å². The number of H-pyrrole nitrogens is 1. The minimum Gasteiger partial charge on any atom is -0.496 e. The fraction of sp³-hybridized carbons (Fsp3) is 0.360. The molecule has 0 bridgehead atoms. The topological polar surface area (TPSA) is 141 Å². The van der Waals surface area contributed by atoms with Crippen LogP contribution >= 0.6 is 0 Å². The van der Waals surface area contributed by atoms with Gasteiger partial charge in [0, 0.05) is 18.0 Å². The van der Waals surface area contributed by atoms with E-state index in [0.717, 1.165) is 25.7 Å². The highest BCUT2D eigenvalue weighted by molar-refractivity contribution is 7.89. The van der Waals surface area contributed by atoms with Crippen LogP contribution < -0.4 is 19.8 Å². The van der Waals surface area contributed by atoms with Gasteiger partial charge in [0.25, 0.3) is 5.56 Å². The summed E-state index contributed by atoms with van der Waals surface area (Å²) in [7, 11) is -2.39. The first-order valence-electron chi connectivity index (χ1n) is 12.2. The van der Waals surface area contributed by atoms with Gasteiger partial charge < -0.3 is 14.5 Å². The van der Waals surface area contributed by atoms with Crippen LogP contribution in [0.4, 0.5) is 0 Å². The summed E-state index contributed by atoms with van der Waals surface area (Å²) >= 11 is 0. The Balaban J connectivity index is 1.54. The van der Waals surface area contributed by atoms with E-state index in [1.807, 2.05) is 19.1 Å². The molecule has 194 valence electrons. The summed E-state index contributed by atoms with van der Waals surface area (Å²) in [5.74, 6) is 1.96. The first kappa shape index (κ1) is 24.9. The highest BCUT2D eigenvalue weighted by atomic mass is 32.2. The Morgan fingerprint density at radius 3 is 2.65 bits per heavy atom. The molecule has 0 aliphatic heterocycles. The van der Waals surface area contributed by atoms with Crippen molar-refractivity contribution < 1.29 is 17.9 Å². The first-order chi connectivity index (χ1) is 17.9. The number of benzene rings is 2. The van der Waals surface area contributed by atoms with Crippen LogP contribution in [0.2, 0.25) is 0 Å². The second-order valence-electron chi connectivity index (χ2n) is 8.81. The average Bonchev–Trinajstić information content (AvgIpc) is 3.58. The Kier molecular flexibility index (Phi) is 6.94. The number of aromatic amines is 1. The van der Waals surface area contributed by atoms with E-state index in [-0.39, 0.29) is 28.8 Å². The molecule has 11 nitrogen and oxygen atoms in total. The maximum atomic E-state index is 13.2. The molecule has 2 aromatic heterocycles. The lowest BCUT2D eigenvalue weighted by Gasteiger charge is -2.14. The quantitative estimate of drug-likeness (QED) is 0.340. The van der Waals surface area contributed by atoms with Crippen molar-refractivity contribution >= 4 is 15.7 Å². The summed E-state index contributed by atoms with van der Waals surface area (Å²) in [5, 5.41) is 12.9. The third kappa shape index (κ3) is 4.94. The number of nitrogens with one attached hydrogen (secondary N) is 2. The van der Waals surface area contributed by atoms with Gasteiger partial charge in [-0.15, -0.1) is 15.3 Å². The van der Waals surface area contributed by atoms with Crippen molar-refractivity contribution in [2.45, 2.75) is 50.0 Å². The van der Waals surface area contributed by atoms with E-state index in [4.69, 9.17) is 9.47 Å². The summed E-state index contributed by atoms with van der Waals surface area (Å²) in [5.41, 5.74) is 0.674. The molecule has 0 saturated heterocycles. The standard InChI is InChI=1S/C25H28N6O5S/c1-3-36-21-13-12-18(37(33,34)26-15-17-10-6-7-11-20(17)35-2)14-19(21)22-27-25(32)24-29-28-23(31(24)30-22)16-8-4-5-9-16/h6-7,10-14,16,26H,3-5,8-9,15H2,1-2H3,(H,27,30,32). The van der Waals surface area contributed by atoms with Gasteiger partial charge in [-0.1, -0.05) is 31.0 Å². The third-order valence-corrected chi connectivity index (χ3v) is 7.88. The minimum atomic E-state index is -3.92. The molecular formula is C25H28N6O5S. The van der Waals surface area contributed by atoms with E-state index in [0.29, 0.717) is 35.1 Å². The average molecular weight is 525 g/mol. The Morgan fingerprint density at radius 1 is 1.11 bits per heavy atom. The predicted molar refractivity (Wildman–Crippen MR) is 136 cm³/mol. The largest absolute Gasteiger partial charge is 0.496 e. The third-order valence-electron chi connectivity index (χ3n) is 6.48. The van der Waals surface area contributed by atoms with Crippen LogP contribution in [0.1, 0.15) is 49.9 Å². The fourth-order valence-electron chi connectivity index (χ4n) is 4.63. The Bertz CT molecular complexity index is 1590. The number of para-hydroxylation sites is 1. The van der Waals surface area contributed by atoms with Crippen molar-refractivity contribution in [2.24, 2.45) is 0 Å². The second-order valence-corrected chi connectivity index (χ2v) is 10.6. The van der Waals surface area contributed by atoms with Gasteiger partial charge in [0.15, 0.2) is 11.6 Å². The van der Waals surface area contributed by atoms with E-state index in [1.54, 1.807) is 18.2 Å². The highest BCUT2D eigenvalue weighted by Gasteiger charge is 2.25. The van der Waals surface area contributed by atoms with Crippen molar-refractivity contribution in [3.05, 3.63) is 64.2 Å². The molecule has 0 atom stereocenters. The van der Waals surface area contributed by atoms with Crippen molar-refractivity contribution in [3.63, 3.8) is 0 Å². The van der Waals surface area contributed by atoms with Crippen molar-refractivity contribution in [2.75, 3.05) is 13.7 Å². The van der Waals surface area contributed by atoms with E-state index in [2.05, 4.69) is 25.0 Å². The number of nitrogens with zero attached hydrogens (tertiary/aromatic N) is 4.